The molecule has 3 N–H and O–H groups in total. The molecular weight excluding hydrogens is 136 g/mol. The molecule has 0 aromatic carbocycles. The average molecular weight is 146 g/mol. The predicted molar refractivity (Wildman–Crippen MR) is 35.8 cm³/mol. The van der Waals surface area contributed by atoms with Crippen molar-refractivity contribution in [1.29, 1.82) is 0 Å². The molecule has 0 bridgehead atoms. The van der Waals surface area contributed by atoms with Gasteiger partial charge < -0.3 is 15.6 Å². The van der Waals surface area contributed by atoms with Crippen LogP contribution in [0, 0.1) is 0 Å². The number of rotatable bonds is 4. The van der Waals surface area contributed by atoms with E-state index in [-0.39, 0.29) is 18.9 Å². The van der Waals surface area contributed by atoms with Crippen molar-refractivity contribution < 1.29 is 15.0 Å². The van der Waals surface area contributed by atoms with Gasteiger partial charge in [0.2, 0.25) is 0 Å². The minimum atomic E-state index is -1.06. The first kappa shape index (κ1) is 8.90. The van der Waals surface area contributed by atoms with E-state index in [1.54, 1.807) is 0 Å². The van der Waals surface area contributed by atoms with Crippen molar-refractivity contribution in [3.8, 4) is 0 Å². The van der Waals surface area contributed by atoms with Gasteiger partial charge in [0.25, 0.3) is 0 Å². The van der Waals surface area contributed by atoms with E-state index in [9.17, 15) is 4.79 Å². The zero-order valence-corrected chi connectivity index (χ0v) is 5.66. The maximum Gasteiger partial charge on any atom is 0.351 e. The standard InChI is InChI=1S/C5H10N2O3/c1-4(5(9)10)7-6-2-3-8/h6,8H,2-3H2,1H3,(H,9,10)/b7-4+. The highest BCUT2D eigenvalue weighted by atomic mass is 16.4. The lowest BCUT2D eigenvalue weighted by Crippen LogP contribution is -2.17. The molecule has 0 rings (SSSR count). The maximum absolute atomic E-state index is 10.1. The van der Waals surface area contributed by atoms with Gasteiger partial charge in [-0.25, -0.2) is 4.79 Å². The molecule has 0 aliphatic heterocycles. The van der Waals surface area contributed by atoms with E-state index in [2.05, 4.69) is 10.5 Å². The molecule has 0 aromatic rings. The summed E-state index contributed by atoms with van der Waals surface area (Å²) in [6.45, 7) is 1.58. The van der Waals surface area contributed by atoms with Crippen LogP contribution in [0.25, 0.3) is 0 Å². The Morgan fingerprint density at radius 3 is 2.70 bits per heavy atom. The summed E-state index contributed by atoms with van der Waals surface area (Å²) in [5.74, 6) is -1.06. The Morgan fingerprint density at radius 1 is 1.70 bits per heavy atom. The van der Waals surface area contributed by atoms with E-state index < -0.39 is 5.97 Å². The quantitative estimate of drug-likeness (QED) is 0.271. The van der Waals surface area contributed by atoms with Crippen molar-refractivity contribution in [2.24, 2.45) is 5.10 Å². The Hall–Kier alpha value is -1.10. The van der Waals surface area contributed by atoms with Crippen molar-refractivity contribution >= 4 is 11.7 Å². The van der Waals surface area contributed by atoms with Crippen molar-refractivity contribution in [1.82, 2.24) is 5.43 Å². The number of hydrogen-bond acceptors (Lipinski definition) is 4. The Morgan fingerprint density at radius 2 is 2.30 bits per heavy atom. The molecule has 10 heavy (non-hydrogen) atoms. The third-order valence-corrected chi connectivity index (χ3v) is 0.780. The highest BCUT2D eigenvalue weighted by molar-refractivity contribution is 6.34. The number of aliphatic hydroxyl groups is 1. The fourth-order valence-corrected chi connectivity index (χ4v) is 0.272. The van der Waals surface area contributed by atoms with Crippen LogP contribution < -0.4 is 5.43 Å². The lowest BCUT2D eigenvalue weighted by molar-refractivity contribution is -0.129. The fourth-order valence-electron chi connectivity index (χ4n) is 0.272. The van der Waals surface area contributed by atoms with Gasteiger partial charge in [-0.2, -0.15) is 5.10 Å². The first-order valence-electron chi connectivity index (χ1n) is 2.79. The molecule has 5 heteroatoms. The number of hydrazone groups is 1. The van der Waals surface area contributed by atoms with E-state index in [0.29, 0.717) is 0 Å². The number of carboxylic acids is 1. The third-order valence-electron chi connectivity index (χ3n) is 0.780. The number of nitrogens with zero attached hydrogens (tertiary/aromatic N) is 1. The molecule has 0 spiro atoms. The summed E-state index contributed by atoms with van der Waals surface area (Å²) in [6, 6.07) is 0. The Balaban J connectivity index is 3.58. The van der Waals surface area contributed by atoms with Gasteiger partial charge in [-0.15, -0.1) is 0 Å². The first-order chi connectivity index (χ1) is 4.68. The first-order valence-corrected chi connectivity index (χ1v) is 2.79. The molecule has 0 radical (unpaired) electrons. The van der Waals surface area contributed by atoms with Crippen LogP contribution in [0.1, 0.15) is 6.92 Å². The summed E-state index contributed by atoms with van der Waals surface area (Å²) >= 11 is 0. The number of aliphatic hydroxyl groups excluding tert-OH is 1. The Bertz CT molecular complexity index is 144. The van der Waals surface area contributed by atoms with Crippen molar-refractivity contribution in [3.63, 3.8) is 0 Å². The fraction of sp³-hybridized carbons (Fsp3) is 0.600. The highest BCUT2D eigenvalue weighted by Gasteiger charge is 1.98. The van der Waals surface area contributed by atoms with E-state index in [4.69, 9.17) is 10.2 Å². The predicted octanol–water partition coefficient (Wildman–Crippen LogP) is -0.971. The number of carbonyl (C=O) groups is 1. The van der Waals surface area contributed by atoms with Gasteiger partial charge in [0.05, 0.1) is 13.2 Å². The number of hydrogen-bond donors (Lipinski definition) is 3. The van der Waals surface area contributed by atoms with Gasteiger partial charge in [-0.05, 0) is 6.92 Å². The molecule has 0 fully saturated rings. The summed E-state index contributed by atoms with van der Waals surface area (Å²) < 4.78 is 0. The summed E-state index contributed by atoms with van der Waals surface area (Å²) in [7, 11) is 0. The van der Waals surface area contributed by atoms with Crippen LogP contribution in [0.2, 0.25) is 0 Å². The Kier molecular flexibility index (Phi) is 4.23. The summed E-state index contributed by atoms with van der Waals surface area (Å²) in [5, 5.41) is 19.9. The molecule has 0 aromatic heterocycles. The number of nitrogens with one attached hydrogen (secondary N) is 1. The SMILES string of the molecule is C/C(=N\NCCO)C(=O)O. The average Bonchev–Trinajstić information content (AvgIpc) is 1.88. The smallest absolute Gasteiger partial charge is 0.351 e. The van der Waals surface area contributed by atoms with Gasteiger partial charge in [0.15, 0.2) is 0 Å². The van der Waals surface area contributed by atoms with Crippen LogP contribution in [0.3, 0.4) is 0 Å². The van der Waals surface area contributed by atoms with Crippen molar-refractivity contribution in [3.05, 3.63) is 0 Å². The zero-order chi connectivity index (χ0) is 7.98. The summed E-state index contributed by atoms with van der Waals surface area (Å²) in [6.07, 6.45) is 0. The van der Waals surface area contributed by atoms with Crippen LogP contribution in [0.5, 0.6) is 0 Å². The number of aliphatic carboxylic acids is 1. The lowest BCUT2D eigenvalue weighted by atomic mass is 10.4. The second-order valence-electron chi connectivity index (χ2n) is 1.63. The van der Waals surface area contributed by atoms with Gasteiger partial charge >= 0.3 is 5.97 Å². The molecule has 0 unspecified atom stereocenters. The molecule has 0 aliphatic rings. The van der Waals surface area contributed by atoms with Gasteiger partial charge in [-0.1, -0.05) is 0 Å². The van der Waals surface area contributed by atoms with Crippen molar-refractivity contribution in [2.75, 3.05) is 13.2 Å². The van der Waals surface area contributed by atoms with Crippen LogP contribution in [0.15, 0.2) is 5.10 Å². The third kappa shape index (κ3) is 3.85. The summed E-state index contributed by atoms with van der Waals surface area (Å²) in [4.78, 5) is 10.1. The van der Waals surface area contributed by atoms with Crippen LogP contribution in [-0.2, 0) is 4.79 Å². The van der Waals surface area contributed by atoms with Gasteiger partial charge in [0.1, 0.15) is 5.71 Å². The molecular formula is C5H10N2O3. The molecule has 0 heterocycles. The number of carboxylic acid groups (broad SMARTS) is 1. The Labute approximate surface area is 58.4 Å². The topological polar surface area (TPSA) is 81.9 Å². The normalized spacial score (nSPS) is 11.2. The largest absolute Gasteiger partial charge is 0.477 e. The van der Waals surface area contributed by atoms with Crippen LogP contribution in [-0.4, -0.2) is 35.0 Å². The highest BCUT2D eigenvalue weighted by Crippen LogP contribution is 1.72. The second-order valence-corrected chi connectivity index (χ2v) is 1.63. The maximum atomic E-state index is 10.1. The molecule has 0 atom stereocenters. The van der Waals surface area contributed by atoms with Crippen LogP contribution in [0.4, 0.5) is 0 Å². The lowest BCUT2D eigenvalue weighted by Gasteiger charge is -1.95. The van der Waals surface area contributed by atoms with Crippen molar-refractivity contribution in [2.45, 2.75) is 6.92 Å². The van der Waals surface area contributed by atoms with E-state index >= 15 is 0 Å². The monoisotopic (exact) mass is 146 g/mol. The molecule has 5 nitrogen and oxygen atoms in total. The molecule has 0 saturated heterocycles. The van der Waals surface area contributed by atoms with E-state index in [0.717, 1.165) is 0 Å². The van der Waals surface area contributed by atoms with Crippen LogP contribution >= 0.6 is 0 Å². The zero-order valence-electron chi connectivity index (χ0n) is 5.66. The minimum Gasteiger partial charge on any atom is -0.477 e. The van der Waals surface area contributed by atoms with Gasteiger partial charge in [0, 0.05) is 0 Å². The molecule has 58 valence electrons. The van der Waals surface area contributed by atoms with E-state index in [1.807, 2.05) is 0 Å². The molecule has 0 amide bonds. The molecule has 0 aliphatic carbocycles. The minimum absolute atomic E-state index is 0.0200. The molecule has 0 saturated carbocycles. The summed E-state index contributed by atoms with van der Waals surface area (Å²) in [5.41, 5.74) is 2.35. The van der Waals surface area contributed by atoms with Gasteiger partial charge in [-0.3, -0.25) is 0 Å². The second kappa shape index (κ2) is 4.75. The van der Waals surface area contributed by atoms with E-state index in [1.165, 1.54) is 6.92 Å².